The van der Waals surface area contributed by atoms with Crippen LogP contribution in [0.4, 0.5) is 21.8 Å². The van der Waals surface area contributed by atoms with Crippen molar-refractivity contribution in [2.24, 2.45) is 0 Å². The minimum absolute atomic E-state index is 0.0468. The Morgan fingerprint density at radius 1 is 0.929 bits per heavy atom. The molecule has 1 aromatic carbocycles. The molecule has 0 saturated carbocycles. The summed E-state index contributed by atoms with van der Waals surface area (Å²) in [4.78, 5) is 29.4. The van der Waals surface area contributed by atoms with E-state index in [9.17, 15) is 9.18 Å². The summed E-state index contributed by atoms with van der Waals surface area (Å²) in [5.74, 6) is 0.939. The molecule has 0 spiro atoms. The van der Waals surface area contributed by atoms with Gasteiger partial charge in [-0.1, -0.05) is 0 Å². The van der Waals surface area contributed by atoms with Crippen LogP contribution in [0.2, 0.25) is 0 Å². The zero-order chi connectivity index (χ0) is 19.3. The Hall–Kier alpha value is -3.55. The van der Waals surface area contributed by atoms with Crippen molar-refractivity contribution < 1.29 is 9.18 Å². The van der Waals surface area contributed by atoms with Crippen LogP contribution in [-0.2, 0) is 0 Å². The van der Waals surface area contributed by atoms with E-state index in [0.717, 1.165) is 5.69 Å². The molecular formula is C20H19FN6O. The SMILES string of the molecule is O=C(c1ccc(Nc2ccc(F)cc2)nc1)N1CCN(c2ncccn2)CC1. The number of piperazine rings is 1. The van der Waals surface area contributed by atoms with E-state index in [1.807, 2.05) is 4.90 Å². The molecule has 1 fully saturated rings. The lowest BCUT2D eigenvalue weighted by molar-refractivity contribution is 0.0746. The lowest BCUT2D eigenvalue weighted by atomic mass is 10.2. The summed E-state index contributed by atoms with van der Waals surface area (Å²) in [6.07, 6.45) is 4.99. The van der Waals surface area contributed by atoms with Crippen molar-refractivity contribution in [3.05, 3.63) is 72.4 Å². The Bertz CT molecular complexity index is 925. The summed E-state index contributed by atoms with van der Waals surface area (Å²) in [5, 5.41) is 3.08. The number of nitrogens with one attached hydrogen (secondary N) is 1. The molecule has 1 aliphatic heterocycles. The van der Waals surface area contributed by atoms with E-state index in [1.165, 1.54) is 12.1 Å². The minimum Gasteiger partial charge on any atom is -0.340 e. The number of aromatic nitrogens is 3. The largest absolute Gasteiger partial charge is 0.340 e. The van der Waals surface area contributed by atoms with Crippen molar-refractivity contribution in [2.75, 3.05) is 36.4 Å². The molecule has 0 radical (unpaired) electrons. The number of hydrogen-bond donors (Lipinski definition) is 1. The van der Waals surface area contributed by atoms with Gasteiger partial charge in [0, 0.05) is 50.5 Å². The lowest BCUT2D eigenvalue weighted by Crippen LogP contribution is -2.49. The molecule has 28 heavy (non-hydrogen) atoms. The van der Waals surface area contributed by atoms with Crippen LogP contribution in [0.5, 0.6) is 0 Å². The standard InChI is InChI=1S/C20H19FN6O/c21-16-3-5-17(6-4-16)25-18-7-2-15(14-24-18)19(28)26-10-12-27(13-11-26)20-22-8-1-9-23-20/h1-9,14H,10-13H2,(H,24,25). The second kappa shape index (κ2) is 7.99. The van der Waals surface area contributed by atoms with Gasteiger partial charge >= 0.3 is 0 Å². The van der Waals surface area contributed by atoms with Crippen molar-refractivity contribution in [1.29, 1.82) is 0 Å². The van der Waals surface area contributed by atoms with E-state index in [1.54, 1.807) is 48.9 Å². The van der Waals surface area contributed by atoms with Gasteiger partial charge in [-0.05, 0) is 42.5 Å². The van der Waals surface area contributed by atoms with Crippen molar-refractivity contribution in [1.82, 2.24) is 19.9 Å². The van der Waals surface area contributed by atoms with Gasteiger partial charge in [0.2, 0.25) is 5.95 Å². The third-order valence-corrected chi connectivity index (χ3v) is 4.53. The van der Waals surface area contributed by atoms with Crippen LogP contribution in [0.15, 0.2) is 61.1 Å². The minimum atomic E-state index is -0.293. The number of carbonyl (C=O) groups excluding carboxylic acids is 1. The number of pyridine rings is 1. The van der Waals surface area contributed by atoms with Crippen LogP contribution in [0.1, 0.15) is 10.4 Å². The Morgan fingerprint density at radius 2 is 1.64 bits per heavy atom. The predicted octanol–water partition coefficient (Wildman–Crippen LogP) is 2.72. The highest BCUT2D eigenvalue weighted by Gasteiger charge is 2.23. The Balaban J connectivity index is 1.35. The van der Waals surface area contributed by atoms with Gasteiger partial charge in [-0.25, -0.2) is 19.3 Å². The number of amides is 1. The third kappa shape index (κ3) is 4.06. The number of anilines is 3. The molecule has 0 unspecified atom stereocenters. The number of nitrogens with zero attached hydrogens (tertiary/aromatic N) is 5. The fraction of sp³-hybridized carbons (Fsp3) is 0.200. The Morgan fingerprint density at radius 3 is 2.29 bits per heavy atom. The zero-order valence-corrected chi connectivity index (χ0v) is 15.1. The monoisotopic (exact) mass is 378 g/mol. The molecular weight excluding hydrogens is 359 g/mol. The van der Waals surface area contributed by atoms with E-state index in [4.69, 9.17) is 0 Å². The molecule has 7 nitrogen and oxygen atoms in total. The van der Waals surface area contributed by atoms with Gasteiger partial charge in [0.05, 0.1) is 5.56 Å². The molecule has 4 rings (SSSR count). The summed E-state index contributed by atoms with van der Waals surface area (Å²) < 4.78 is 13.0. The van der Waals surface area contributed by atoms with E-state index in [0.29, 0.717) is 43.5 Å². The number of rotatable bonds is 4. The van der Waals surface area contributed by atoms with Crippen LogP contribution in [0.25, 0.3) is 0 Å². The molecule has 8 heteroatoms. The van der Waals surface area contributed by atoms with E-state index in [2.05, 4.69) is 25.2 Å². The number of hydrogen-bond acceptors (Lipinski definition) is 6. The van der Waals surface area contributed by atoms with Gasteiger partial charge in [0.1, 0.15) is 11.6 Å². The highest BCUT2D eigenvalue weighted by Crippen LogP contribution is 2.17. The molecule has 1 aliphatic rings. The van der Waals surface area contributed by atoms with Crippen LogP contribution < -0.4 is 10.2 Å². The van der Waals surface area contributed by atoms with Crippen LogP contribution in [0, 0.1) is 5.82 Å². The van der Waals surface area contributed by atoms with Gasteiger partial charge < -0.3 is 15.1 Å². The molecule has 0 atom stereocenters. The van der Waals surface area contributed by atoms with Gasteiger partial charge in [0.25, 0.3) is 5.91 Å². The average Bonchev–Trinajstić information content (AvgIpc) is 2.76. The van der Waals surface area contributed by atoms with Gasteiger partial charge in [-0.3, -0.25) is 4.79 Å². The Kier molecular flexibility index (Phi) is 5.09. The van der Waals surface area contributed by atoms with E-state index >= 15 is 0 Å². The number of halogens is 1. The number of carbonyl (C=O) groups is 1. The second-order valence-electron chi connectivity index (χ2n) is 6.39. The molecule has 0 bridgehead atoms. The highest BCUT2D eigenvalue weighted by atomic mass is 19.1. The maximum absolute atomic E-state index is 13.0. The predicted molar refractivity (Wildman–Crippen MR) is 104 cm³/mol. The van der Waals surface area contributed by atoms with Crippen molar-refractivity contribution in [3.8, 4) is 0 Å². The summed E-state index contributed by atoms with van der Waals surface area (Å²) in [7, 11) is 0. The maximum atomic E-state index is 13.0. The van der Waals surface area contributed by atoms with Crippen molar-refractivity contribution in [3.63, 3.8) is 0 Å². The summed E-state index contributed by atoms with van der Waals surface area (Å²) in [6, 6.07) is 11.3. The van der Waals surface area contributed by atoms with Crippen molar-refractivity contribution in [2.45, 2.75) is 0 Å². The first-order valence-corrected chi connectivity index (χ1v) is 8.99. The maximum Gasteiger partial charge on any atom is 0.255 e. The van der Waals surface area contributed by atoms with E-state index in [-0.39, 0.29) is 11.7 Å². The lowest BCUT2D eigenvalue weighted by Gasteiger charge is -2.34. The second-order valence-corrected chi connectivity index (χ2v) is 6.39. The summed E-state index contributed by atoms with van der Waals surface area (Å²) in [5.41, 5.74) is 1.27. The molecule has 1 amide bonds. The molecule has 3 aromatic rings. The molecule has 142 valence electrons. The number of benzene rings is 1. The summed E-state index contributed by atoms with van der Waals surface area (Å²) >= 11 is 0. The molecule has 1 saturated heterocycles. The fourth-order valence-electron chi connectivity index (χ4n) is 3.02. The van der Waals surface area contributed by atoms with E-state index < -0.39 is 0 Å². The van der Waals surface area contributed by atoms with Gasteiger partial charge in [-0.2, -0.15) is 0 Å². The molecule has 2 aromatic heterocycles. The zero-order valence-electron chi connectivity index (χ0n) is 15.1. The highest BCUT2D eigenvalue weighted by molar-refractivity contribution is 5.94. The normalized spacial score (nSPS) is 14.0. The molecule has 3 heterocycles. The molecule has 1 N–H and O–H groups in total. The third-order valence-electron chi connectivity index (χ3n) is 4.53. The molecule has 0 aliphatic carbocycles. The van der Waals surface area contributed by atoms with Crippen LogP contribution in [0.3, 0.4) is 0 Å². The first-order chi connectivity index (χ1) is 13.7. The average molecular weight is 378 g/mol. The van der Waals surface area contributed by atoms with Gasteiger partial charge in [-0.15, -0.1) is 0 Å². The van der Waals surface area contributed by atoms with Crippen LogP contribution in [-0.4, -0.2) is 51.9 Å². The smallest absolute Gasteiger partial charge is 0.255 e. The fourth-order valence-corrected chi connectivity index (χ4v) is 3.02. The summed E-state index contributed by atoms with van der Waals surface area (Å²) in [6.45, 7) is 2.58. The van der Waals surface area contributed by atoms with Crippen molar-refractivity contribution >= 4 is 23.4 Å². The quantitative estimate of drug-likeness (QED) is 0.753. The van der Waals surface area contributed by atoms with Gasteiger partial charge in [0.15, 0.2) is 0 Å². The first-order valence-electron chi connectivity index (χ1n) is 8.99. The van der Waals surface area contributed by atoms with Crippen LogP contribution >= 0.6 is 0 Å². The first kappa shape index (κ1) is 17.8. The Labute approximate surface area is 161 Å². The topological polar surface area (TPSA) is 74.2 Å².